The molecule has 11 nitrogen and oxygen atoms in total. The van der Waals surface area contributed by atoms with Crippen LogP contribution < -0.4 is 25.6 Å². The number of pyridine rings is 1. The van der Waals surface area contributed by atoms with Crippen molar-refractivity contribution in [3.05, 3.63) is 90.3 Å². The molecule has 5 rings (SSSR count). The molecule has 47 heavy (non-hydrogen) atoms. The van der Waals surface area contributed by atoms with Gasteiger partial charge in [0, 0.05) is 36.9 Å². The van der Waals surface area contributed by atoms with Crippen LogP contribution in [-0.2, 0) is 14.4 Å². The number of nitrogens with two attached hydrogens (primary N) is 1. The number of hydrogen-bond acceptors (Lipinski definition) is 8. The summed E-state index contributed by atoms with van der Waals surface area (Å²) in [5.41, 5.74) is 3.03. The van der Waals surface area contributed by atoms with Crippen LogP contribution in [0.3, 0.4) is 0 Å². The predicted octanol–water partition coefficient (Wildman–Crippen LogP) is 5.63. The van der Waals surface area contributed by atoms with E-state index in [0.717, 1.165) is 29.2 Å². The monoisotopic (exact) mass is 653 g/mol. The maximum atomic E-state index is 14.5. The number of alkyl halides is 3. The molecular formula is C33H34F3N5O6. The maximum Gasteiger partial charge on any atom is 0.490 e. The molecule has 1 aliphatic rings. The number of nitrogens with zero attached hydrogens (tertiary/aromatic N) is 3. The Morgan fingerprint density at radius 2 is 1.74 bits per heavy atom. The van der Waals surface area contributed by atoms with Gasteiger partial charge in [-0.15, -0.1) is 0 Å². The van der Waals surface area contributed by atoms with E-state index in [1.807, 2.05) is 59.5 Å². The van der Waals surface area contributed by atoms with Crippen molar-refractivity contribution in [1.29, 1.82) is 0 Å². The molecule has 4 N–H and O–H groups in total. The van der Waals surface area contributed by atoms with Crippen molar-refractivity contribution in [2.75, 3.05) is 31.1 Å². The third-order valence-corrected chi connectivity index (χ3v) is 7.53. The zero-order chi connectivity index (χ0) is 34.3. The molecule has 248 valence electrons. The fraction of sp³-hybridized carbons (Fsp3) is 0.273. The van der Waals surface area contributed by atoms with Gasteiger partial charge in [-0.05, 0) is 71.8 Å². The SMILES string of the molecule is COc1ccc([C@H](C(=O)N2CCCC2c2cccc(NC(C)=O)c2)N(N)c2ccc3cnccc3c2)cc1OC.O=C(O)C(F)(F)F. The number of rotatable bonds is 8. The number of fused-ring (bicyclic) bond motifs is 1. The van der Waals surface area contributed by atoms with Crippen LogP contribution in [0.5, 0.6) is 11.5 Å². The summed E-state index contributed by atoms with van der Waals surface area (Å²) >= 11 is 0. The number of aliphatic carboxylic acids is 1. The van der Waals surface area contributed by atoms with Crippen LogP contribution >= 0.6 is 0 Å². The molecule has 1 unspecified atom stereocenters. The smallest absolute Gasteiger partial charge is 0.490 e. The molecule has 1 saturated heterocycles. The van der Waals surface area contributed by atoms with Crippen molar-refractivity contribution in [3.63, 3.8) is 0 Å². The quantitative estimate of drug-likeness (QED) is 0.163. The van der Waals surface area contributed by atoms with E-state index in [1.54, 1.807) is 38.7 Å². The molecule has 1 aliphatic heterocycles. The predicted molar refractivity (Wildman–Crippen MR) is 169 cm³/mol. The van der Waals surface area contributed by atoms with Crippen molar-refractivity contribution < 1.29 is 42.1 Å². The minimum absolute atomic E-state index is 0.128. The Bertz CT molecular complexity index is 1750. The summed E-state index contributed by atoms with van der Waals surface area (Å²) in [4.78, 5) is 41.1. The number of carbonyl (C=O) groups is 3. The molecule has 2 heterocycles. The first-order valence-electron chi connectivity index (χ1n) is 14.4. The number of carbonyl (C=O) groups excluding carboxylic acids is 2. The van der Waals surface area contributed by atoms with Gasteiger partial charge < -0.3 is 24.8 Å². The van der Waals surface area contributed by atoms with Crippen LogP contribution in [0.1, 0.15) is 43.0 Å². The molecule has 0 saturated carbocycles. The summed E-state index contributed by atoms with van der Waals surface area (Å²) in [6.07, 6.45) is 0.100. The molecule has 2 amide bonds. The highest BCUT2D eigenvalue weighted by atomic mass is 19.4. The number of carboxylic acids is 1. The zero-order valence-corrected chi connectivity index (χ0v) is 25.8. The Morgan fingerprint density at radius 1 is 1.02 bits per heavy atom. The molecule has 0 radical (unpaired) electrons. The van der Waals surface area contributed by atoms with Crippen molar-refractivity contribution in [2.45, 2.75) is 38.0 Å². The molecule has 0 spiro atoms. The minimum Gasteiger partial charge on any atom is -0.493 e. The number of hydrogen-bond donors (Lipinski definition) is 3. The summed E-state index contributed by atoms with van der Waals surface area (Å²) in [7, 11) is 3.14. The van der Waals surface area contributed by atoms with Crippen molar-refractivity contribution in [2.24, 2.45) is 5.84 Å². The Balaban J connectivity index is 0.000000644. The van der Waals surface area contributed by atoms with Crippen LogP contribution in [0.15, 0.2) is 79.1 Å². The maximum absolute atomic E-state index is 14.5. The lowest BCUT2D eigenvalue weighted by molar-refractivity contribution is -0.192. The average Bonchev–Trinajstić information content (AvgIpc) is 3.54. The summed E-state index contributed by atoms with van der Waals surface area (Å²) in [6.45, 7) is 2.07. The first-order chi connectivity index (χ1) is 22.3. The topological polar surface area (TPSA) is 147 Å². The van der Waals surface area contributed by atoms with Crippen molar-refractivity contribution in [1.82, 2.24) is 9.88 Å². The number of methoxy groups -OCH3 is 2. The number of anilines is 2. The number of likely N-dealkylation sites (tertiary alicyclic amines) is 1. The number of amides is 2. The Hall–Kier alpha value is -5.37. The Morgan fingerprint density at radius 3 is 2.40 bits per heavy atom. The van der Waals surface area contributed by atoms with E-state index in [9.17, 15) is 22.8 Å². The third-order valence-electron chi connectivity index (χ3n) is 7.53. The molecule has 4 aromatic rings. The van der Waals surface area contributed by atoms with Gasteiger partial charge in [0.25, 0.3) is 5.91 Å². The number of carboxylic acid groups (broad SMARTS) is 1. The largest absolute Gasteiger partial charge is 0.493 e. The van der Waals surface area contributed by atoms with Gasteiger partial charge in [0.2, 0.25) is 5.91 Å². The van der Waals surface area contributed by atoms with Gasteiger partial charge in [-0.1, -0.05) is 24.3 Å². The Kier molecular flexibility index (Phi) is 10.9. The van der Waals surface area contributed by atoms with Crippen LogP contribution in [0.25, 0.3) is 10.8 Å². The van der Waals surface area contributed by atoms with Crippen LogP contribution in [-0.4, -0.2) is 59.7 Å². The minimum atomic E-state index is -5.08. The van der Waals surface area contributed by atoms with Gasteiger partial charge in [-0.3, -0.25) is 19.6 Å². The second-order valence-corrected chi connectivity index (χ2v) is 10.6. The van der Waals surface area contributed by atoms with E-state index in [4.69, 9.17) is 25.2 Å². The fourth-order valence-corrected chi connectivity index (χ4v) is 5.39. The lowest BCUT2D eigenvalue weighted by atomic mass is 10.00. The molecule has 3 aromatic carbocycles. The summed E-state index contributed by atoms with van der Waals surface area (Å²) in [5.74, 6) is 4.85. The number of nitrogens with one attached hydrogen (secondary N) is 1. The number of aromatic nitrogens is 1. The highest BCUT2D eigenvalue weighted by Gasteiger charge is 2.39. The Labute approximate surface area is 268 Å². The fourth-order valence-electron chi connectivity index (χ4n) is 5.39. The van der Waals surface area contributed by atoms with Crippen molar-refractivity contribution in [3.8, 4) is 11.5 Å². The van der Waals surface area contributed by atoms with Gasteiger partial charge in [0.1, 0.15) is 6.04 Å². The van der Waals surface area contributed by atoms with Crippen LogP contribution in [0, 0.1) is 0 Å². The lowest BCUT2D eigenvalue weighted by Gasteiger charge is -2.35. The lowest BCUT2D eigenvalue weighted by Crippen LogP contribution is -2.46. The summed E-state index contributed by atoms with van der Waals surface area (Å²) < 4.78 is 42.7. The first-order valence-corrected chi connectivity index (χ1v) is 14.4. The van der Waals surface area contributed by atoms with Gasteiger partial charge >= 0.3 is 12.1 Å². The number of ether oxygens (including phenoxy) is 2. The van der Waals surface area contributed by atoms with Gasteiger partial charge in [0.15, 0.2) is 11.5 Å². The van der Waals surface area contributed by atoms with Gasteiger partial charge in [-0.25, -0.2) is 10.6 Å². The molecule has 0 bridgehead atoms. The molecule has 14 heteroatoms. The zero-order valence-electron chi connectivity index (χ0n) is 25.8. The molecular weight excluding hydrogens is 619 g/mol. The molecule has 1 fully saturated rings. The molecule has 1 aromatic heterocycles. The van der Waals surface area contributed by atoms with E-state index in [0.29, 0.717) is 35.0 Å². The highest BCUT2D eigenvalue weighted by molar-refractivity contribution is 5.90. The summed E-state index contributed by atoms with van der Waals surface area (Å²) in [5, 5.41) is 13.4. The normalized spacial score (nSPS) is 14.9. The summed E-state index contributed by atoms with van der Waals surface area (Å²) in [6, 6.07) is 19.8. The van der Waals surface area contributed by atoms with E-state index in [1.165, 1.54) is 11.9 Å². The number of hydrazine groups is 1. The van der Waals surface area contributed by atoms with Gasteiger partial charge in [-0.2, -0.15) is 13.2 Å². The van der Waals surface area contributed by atoms with E-state index in [-0.39, 0.29) is 17.9 Å². The third kappa shape index (κ3) is 8.27. The van der Waals surface area contributed by atoms with E-state index < -0.39 is 18.2 Å². The number of halogens is 3. The highest BCUT2D eigenvalue weighted by Crippen LogP contribution is 2.39. The van der Waals surface area contributed by atoms with E-state index in [2.05, 4.69) is 10.3 Å². The second kappa shape index (κ2) is 14.8. The van der Waals surface area contributed by atoms with E-state index >= 15 is 0 Å². The number of benzene rings is 3. The molecule has 2 atom stereocenters. The first kappa shape index (κ1) is 34.5. The molecule has 0 aliphatic carbocycles. The second-order valence-electron chi connectivity index (χ2n) is 10.6. The van der Waals surface area contributed by atoms with Gasteiger partial charge in [0.05, 0.1) is 25.9 Å². The van der Waals surface area contributed by atoms with Crippen LogP contribution in [0.4, 0.5) is 24.5 Å². The van der Waals surface area contributed by atoms with Crippen molar-refractivity contribution >= 4 is 39.9 Å². The standard InChI is InChI=1S/C31H33N5O4.C2HF3O2/c1-20(37)34-25-7-4-6-22(16-25)27-8-5-15-35(27)31(38)30(23-10-12-28(39-2)29(18-23)40-3)36(32)26-11-9-24-19-33-14-13-21(24)17-26;3-2(4,5)1(6)7/h4,6-7,9-14,16-19,27,30H,5,8,15,32H2,1-3H3,(H,34,37);(H,6,7)/t27?,30-;/m1./s1. The average molecular weight is 654 g/mol. The van der Waals surface area contributed by atoms with Crippen LogP contribution in [0.2, 0.25) is 0 Å².